The summed E-state index contributed by atoms with van der Waals surface area (Å²) in [7, 11) is 0. The van der Waals surface area contributed by atoms with E-state index in [-0.39, 0.29) is 0 Å². The molecule has 2 aromatic rings. The lowest BCUT2D eigenvalue weighted by atomic mass is 10.1. The van der Waals surface area contributed by atoms with E-state index in [4.69, 9.17) is 10.5 Å². The van der Waals surface area contributed by atoms with Crippen molar-refractivity contribution >= 4 is 0 Å². The zero-order valence-electron chi connectivity index (χ0n) is 10.3. The summed E-state index contributed by atoms with van der Waals surface area (Å²) in [4.78, 5) is 0. The Morgan fingerprint density at radius 3 is 3.11 bits per heavy atom. The van der Waals surface area contributed by atoms with Crippen LogP contribution in [-0.4, -0.2) is 16.4 Å². The summed E-state index contributed by atoms with van der Waals surface area (Å²) in [5.41, 5.74) is 9.31. The standard InChI is InChI=1S/C14H17N3O/c15-8-12-9-16-17(10-12)5-3-11-1-2-14-13(7-11)4-6-18-14/h1-2,7,9-10H,3-6,8,15H2. The number of hydrogen-bond acceptors (Lipinski definition) is 3. The van der Waals surface area contributed by atoms with Gasteiger partial charge in [0.15, 0.2) is 0 Å². The first-order valence-electron chi connectivity index (χ1n) is 6.31. The number of nitrogens with zero attached hydrogens (tertiary/aromatic N) is 2. The monoisotopic (exact) mass is 243 g/mol. The van der Waals surface area contributed by atoms with E-state index in [1.807, 2.05) is 17.1 Å². The number of aromatic nitrogens is 2. The number of benzene rings is 1. The summed E-state index contributed by atoms with van der Waals surface area (Å²) in [5, 5.41) is 4.29. The van der Waals surface area contributed by atoms with Gasteiger partial charge in [0.05, 0.1) is 12.8 Å². The molecule has 3 rings (SSSR count). The van der Waals surface area contributed by atoms with E-state index in [0.29, 0.717) is 6.54 Å². The molecule has 0 atom stereocenters. The molecule has 0 spiro atoms. The molecule has 4 nitrogen and oxygen atoms in total. The molecule has 0 fully saturated rings. The fraction of sp³-hybridized carbons (Fsp3) is 0.357. The minimum Gasteiger partial charge on any atom is -0.493 e. The van der Waals surface area contributed by atoms with E-state index in [9.17, 15) is 0 Å². The van der Waals surface area contributed by atoms with Crippen LogP contribution < -0.4 is 10.5 Å². The van der Waals surface area contributed by atoms with Crippen LogP contribution in [0.2, 0.25) is 0 Å². The van der Waals surface area contributed by atoms with Crippen LogP contribution in [0.1, 0.15) is 16.7 Å². The maximum atomic E-state index is 5.56. The average Bonchev–Trinajstić information content (AvgIpc) is 3.04. The normalized spacial score (nSPS) is 13.4. The minimum absolute atomic E-state index is 0.552. The number of hydrogen-bond donors (Lipinski definition) is 1. The summed E-state index contributed by atoms with van der Waals surface area (Å²) >= 11 is 0. The largest absolute Gasteiger partial charge is 0.493 e. The Kier molecular flexibility index (Phi) is 3.02. The van der Waals surface area contributed by atoms with Crippen molar-refractivity contribution in [2.75, 3.05) is 6.61 Å². The van der Waals surface area contributed by atoms with Gasteiger partial charge in [0.25, 0.3) is 0 Å². The van der Waals surface area contributed by atoms with Crippen molar-refractivity contribution in [2.24, 2.45) is 5.73 Å². The smallest absolute Gasteiger partial charge is 0.122 e. The van der Waals surface area contributed by atoms with E-state index in [0.717, 1.165) is 37.3 Å². The lowest BCUT2D eigenvalue weighted by Crippen LogP contribution is -2.02. The molecular formula is C14H17N3O. The number of ether oxygens (including phenoxy) is 1. The van der Waals surface area contributed by atoms with Crippen molar-refractivity contribution < 1.29 is 4.74 Å². The highest BCUT2D eigenvalue weighted by atomic mass is 16.5. The fourth-order valence-electron chi connectivity index (χ4n) is 2.27. The Bertz CT molecular complexity index is 548. The summed E-state index contributed by atoms with van der Waals surface area (Å²) in [6.07, 6.45) is 5.86. The molecule has 0 amide bonds. The SMILES string of the molecule is NCc1cnn(CCc2ccc3c(c2)CCO3)c1. The average molecular weight is 243 g/mol. The van der Waals surface area contributed by atoms with E-state index in [1.54, 1.807) is 0 Å². The molecule has 0 radical (unpaired) electrons. The molecule has 94 valence electrons. The third kappa shape index (κ3) is 2.24. The molecule has 0 aliphatic carbocycles. The van der Waals surface area contributed by atoms with Crippen LogP contribution in [0, 0.1) is 0 Å². The molecule has 4 heteroatoms. The van der Waals surface area contributed by atoms with E-state index in [1.165, 1.54) is 11.1 Å². The lowest BCUT2D eigenvalue weighted by Gasteiger charge is -2.04. The van der Waals surface area contributed by atoms with Gasteiger partial charge in [-0.2, -0.15) is 5.10 Å². The van der Waals surface area contributed by atoms with Gasteiger partial charge in [-0.1, -0.05) is 12.1 Å². The van der Waals surface area contributed by atoms with Gasteiger partial charge in [-0.25, -0.2) is 0 Å². The molecule has 18 heavy (non-hydrogen) atoms. The van der Waals surface area contributed by atoms with Crippen molar-refractivity contribution in [3.8, 4) is 5.75 Å². The van der Waals surface area contributed by atoms with Gasteiger partial charge >= 0.3 is 0 Å². The molecule has 1 aliphatic heterocycles. The van der Waals surface area contributed by atoms with Gasteiger partial charge < -0.3 is 10.5 Å². The topological polar surface area (TPSA) is 53.1 Å². The quantitative estimate of drug-likeness (QED) is 0.885. The van der Waals surface area contributed by atoms with Gasteiger partial charge in [-0.3, -0.25) is 4.68 Å². The second kappa shape index (κ2) is 4.82. The van der Waals surface area contributed by atoms with E-state index in [2.05, 4.69) is 23.3 Å². The highest BCUT2D eigenvalue weighted by Gasteiger charge is 2.11. The molecule has 0 unspecified atom stereocenters. The van der Waals surface area contributed by atoms with Gasteiger partial charge in [-0.15, -0.1) is 0 Å². The van der Waals surface area contributed by atoms with Gasteiger partial charge in [-0.05, 0) is 23.6 Å². The van der Waals surface area contributed by atoms with Crippen LogP contribution in [0.15, 0.2) is 30.6 Å². The zero-order valence-corrected chi connectivity index (χ0v) is 10.3. The Hall–Kier alpha value is -1.81. The van der Waals surface area contributed by atoms with E-state index >= 15 is 0 Å². The minimum atomic E-state index is 0.552. The van der Waals surface area contributed by atoms with Crippen LogP contribution in [0.3, 0.4) is 0 Å². The Balaban J connectivity index is 1.66. The van der Waals surface area contributed by atoms with Gasteiger partial charge in [0.2, 0.25) is 0 Å². The molecule has 0 saturated carbocycles. The number of fused-ring (bicyclic) bond motifs is 1. The molecular weight excluding hydrogens is 226 g/mol. The summed E-state index contributed by atoms with van der Waals surface area (Å²) in [6, 6.07) is 6.46. The third-order valence-electron chi connectivity index (χ3n) is 3.31. The highest BCUT2D eigenvalue weighted by Crippen LogP contribution is 2.26. The fourth-order valence-corrected chi connectivity index (χ4v) is 2.27. The molecule has 0 bridgehead atoms. The first kappa shape index (κ1) is 11.3. The van der Waals surface area contributed by atoms with Crippen molar-refractivity contribution in [3.63, 3.8) is 0 Å². The summed E-state index contributed by atoms with van der Waals surface area (Å²) in [5.74, 6) is 1.04. The Labute approximate surface area is 106 Å². The maximum Gasteiger partial charge on any atom is 0.122 e. The molecule has 0 saturated heterocycles. The molecule has 2 heterocycles. The second-order valence-corrected chi connectivity index (χ2v) is 4.61. The number of nitrogens with two attached hydrogens (primary N) is 1. The maximum absolute atomic E-state index is 5.56. The second-order valence-electron chi connectivity index (χ2n) is 4.61. The Morgan fingerprint density at radius 1 is 1.33 bits per heavy atom. The summed E-state index contributed by atoms with van der Waals surface area (Å²) < 4.78 is 7.45. The van der Waals surface area contributed by atoms with Crippen LogP contribution in [0.5, 0.6) is 5.75 Å². The Morgan fingerprint density at radius 2 is 2.28 bits per heavy atom. The lowest BCUT2D eigenvalue weighted by molar-refractivity contribution is 0.357. The van der Waals surface area contributed by atoms with Crippen molar-refractivity contribution in [3.05, 3.63) is 47.3 Å². The molecule has 1 aromatic heterocycles. The van der Waals surface area contributed by atoms with Gasteiger partial charge in [0, 0.05) is 31.3 Å². The molecule has 1 aromatic carbocycles. The van der Waals surface area contributed by atoms with Crippen LogP contribution in [0.4, 0.5) is 0 Å². The predicted molar refractivity (Wildman–Crippen MR) is 69.5 cm³/mol. The van der Waals surface area contributed by atoms with Crippen molar-refractivity contribution in [1.29, 1.82) is 0 Å². The van der Waals surface area contributed by atoms with Crippen LogP contribution >= 0.6 is 0 Å². The van der Waals surface area contributed by atoms with E-state index < -0.39 is 0 Å². The first-order valence-corrected chi connectivity index (χ1v) is 6.31. The zero-order chi connectivity index (χ0) is 12.4. The van der Waals surface area contributed by atoms with Crippen molar-refractivity contribution in [2.45, 2.75) is 25.9 Å². The summed E-state index contributed by atoms with van der Waals surface area (Å²) in [6.45, 7) is 2.26. The molecule has 2 N–H and O–H groups in total. The predicted octanol–water partition coefficient (Wildman–Crippen LogP) is 1.52. The van der Waals surface area contributed by atoms with Crippen LogP contribution in [-0.2, 0) is 25.9 Å². The third-order valence-corrected chi connectivity index (χ3v) is 3.31. The number of aryl methyl sites for hydroxylation is 2. The van der Waals surface area contributed by atoms with Gasteiger partial charge in [0.1, 0.15) is 5.75 Å². The molecule has 1 aliphatic rings. The first-order chi connectivity index (χ1) is 8.85. The highest BCUT2D eigenvalue weighted by molar-refractivity contribution is 5.39. The van der Waals surface area contributed by atoms with Crippen LogP contribution in [0.25, 0.3) is 0 Å². The van der Waals surface area contributed by atoms with Crippen molar-refractivity contribution in [1.82, 2.24) is 9.78 Å². The number of rotatable bonds is 4.